The van der Waals surface area contributed by atoms with Gasteiger partial charge in [0.1, 0.15) is 0 Å². The van der Waals surface area contributed by atoms with Crippen molar-refractivity contribution in [3.63, 3.8) is 0 Å². The van der Waals surface area contributed by atoms with Gasteiger partial charge in [0.05, 0.1) is 12.2 Å². The van der Waals surface area contributed by atoms with Gasteiger partial charge in [-0.1, -0.05) is 19.3 Å². The van der Waals surface area contributed by atoms with Crippen LogP contribution >= 0.6 is 0 Å². The lowest BCUT2D eigenvalue weighted by Gasteiger charge is -2.25. The van der Waals surface area contributed by atoms with Gasteiger partial charge in [0, 0.05) is 25.7 Å². The van der Waals surface area contributed by atoms with Crippen LogP contribution in [0.5, 0.6) is 0 Å². The summed E-state index contributed by atoms with van der Waals surface area (Å²) in [5.41, 5.74) is 0.975. The maximum atomic E-state index is 12.3. The molecule has 1 saturated carbocycles. The molecule has 2 rings (SSSR count). The van der Waals surface area contributed by atoms with E-state index in [0.29, 0.717) is 12.5 Å². The molecule has 0 unspecified atom stereocenters. The molecule has 1 fully saturated rings. The molecule has 0 aliphatic heterocycles. The van der Waals surface area contributed by atoms with Crippen molar-refractivity contribution in [3.8, 4) is 0 Å². The van der Waals surface area contributed by atoms with Gasteiger partial charge < -0.3 is 4.90 Å². The van der Waals surface area contributed by atoms with E-state index in [1.165, 1.54) is 19.3 Å². The molecule has 1 aliphatic rings. The van der Waals surface area contributed by atoms with Crippen LogP contribution in [0.15, 0.2) is 12.3 Å². The molecule has 0 bridgehead atoms. The predicted octanol–water partition coefficient (Wildman–Crippen LogP) is 2.44. The topological polar surface area (TPSA) is 38.1 Å². The summed E-state index contributed by atoms with van der Waals surface area (Å²) in [6.07, 6.45) is 7.78. The smallest absolute Gasteiger partial charge is 0.225 e. The summed E-state index contributed by atoms with van der Waals surface area (Å²) in [4.78, 5) is 14.1. The summed E-state index contributed by atoms with van der Waals surface area (Å²) in [5.74, 6) is 0.540. The number of amides is 1. The molecule has 0 saturated heterocycles. The Morgan fingerprint density at radius 1 is 1.44 bits per heavy atom. The Balaban J connectivity index is 1.89. The Hall–Kier alpha value is -1.32. The van der Waals surface area contributed by atoms with E-state index in [9.17, 15) is 4.79 Å². The van der Waals surface area contributed by atoms with Gasteiger partial charge >= 0.3 is 0 Å². The van der Waals surface area contributed by atoms with Crippen molar-refractivity contribution in [2.24, 2.45) is 5.92 Å². The summed E-state index contributed by atoms with van der Waals surface area (Å²) in [6, 6.07) is 1.99. The van der Waals surface area contributed by atoms with E-state index in [0.717, 1.165) is 25.1 Å². The molecule has 18 heavy (non-hydrogen) atoms. The third-order valence-electron chi connectivity index (χ3n) is 3.75. The van der Waals surface area contributed by atoms with E-state index in [4.69, 9.17) is 0 Å². The minimum Gasteiger partial charge on any atom is -0.340 e. The number of nitrogens with zero attached hydrogens (tertiary/aromatic N) is 3. The highest BCUT2D eigenvalue weighted by Gasteiger charge is 2.24. The van der Waals surface area contributed by atoms with Gasteiger partial charge in [0.2, 0.25) is 5.91 Å². The van der Waals surface area contributed by atoms with Crippen LogP contribution in [-0.4, -0.2) is 27.6 Å². The van der Waals surface area contributed by atoms with Crippen molar-refractivity contribution in [1.29, 1.82) is 0 Å². The summed E-state index contributed by atoms with van der Waals surface area (Å²) < 4.78 is 1.90. The van der Waals surface area contributed by atoms with Crippen LogP contribution < -0.4 is 0 Å². The SMILES string of the molecule is CCn1ccc(CN(C)C(=O)C2CCCCC2)n1. The van der Waals surface area contributed by atoms with Crippen molar-refractivity contribution < 1.29 is 4.79 Å². The average Bonchev–Trinajstić information content (AvgIpc) is 2.86. The second-order valence-electron chi connectivity index (χ2n) is 5.19. The quantitative estimate of drug-likeness (QED) is 0.822. The van der Waals surface area contributed by atoms with Gasteiger partial charge in [-0.3, -0.25) is 9.48 Å². The first kappa shape index (κ1) is 13.1. The van der Waals surface area contributed by atoms with Crippen LogP contribution in [0.25, 0.3) is 0 Å². The fourth-order valence-electron chi connectivity index (χ4n) is 2.65. The molecule has 1 aliphatic carbocycles. The first-order valence-corrected chi connectivity index (χ1v) is 6.98. The number of carbonyl (C=O) groups is 1. The summed E-state index contributed by atoms with van der Waals surface area (Å²) in [7, 11) is 1.89. The zero-order valence-corrected chi connectivity index (χ0v) is 11.4. The molecule has 0 aromatic carbocycles. The third-order valence-corrected chi connectivity index (χ3v) is 3.75. The summed E-state index contributed by atoms with van der Waals surface area (Å²) in [5, 5.41) is 4.42. The van der Waals surface area contributed by atoms with Crippen molar-refractivity contribution in [1.82, 2.24) is 14.7 Å². The Labute approximate surface area is 109 Å². The van der Waals surface area contributed by atoms with Gasteiger partial charge in [-0.25, -0.2) is 0 Å². The molecule has 1 amide bonds. The number of hydrogen-bond acceptors (Lipinski definition) is 2. The van der Waals surface area contributed by atoms with Gasteiger partial charge in [0.25, 0.3) is 0 Å². The number of hydrogen-bond donors (Lipinski definition) is 0. The van der Waals surface area contributed by atoms with Crippen molar-refractivity contribution in [2.75, 3.05) is 7.05 Å². The van der Waals surface area contributed by atoms with E-state index in [1.807, 2.05) is 28.9 Å². The monoisotopic (exact) mass is 249 g/mol. The highest BCUT2D eigenvalue weighted by molar-refractivity contribution is 5.78. The molecule has 0 spiro atoms. The standard InChI is InChI=1S/C14H23N3O/c1-3-17-10-9-13(15-17)11-16(2)14(18)12-7-5-4-6-8-12/h9-10,12H,3-8,11H2,1-2H3. The average molecular weight is 249 g/mol. The molecular weight excluding hydrogens is 226 g/mol. The largest absolute Gasteiger partial charge is 0.340 e. The first-order chi connectivity index (χ1) is 8.70. The highest BCUT2D eigenvalue weighted by Crippen LogP contribution is 2.25. The highest BCUT2D eigenvalue weighted by atomic mass is 16.2. The molecule has 4 nitrogen and oxygen atoms in total. The van der Waals surface area contributed by atoms with E-state index in [1.54, 1.807) is 0 Å². The molecule has 1 aromatic rings. The normalized spacial score (nSPS) is 16.8. The molecule has 0 N–H and O–H groups in total. The Kier molecular flexibility index (Phi) is 4.39. The summed E-state index contributed by atoms with van der Waals surface area (Å²) in [6.45, 7) is 3.57. The second kappa shape index (κ2) is 6.03. The van der Waals surface area contributed by atoms with Crippen LogP contribution in [-0.2, 0) is 17.9 Å². The number of aryl methyl sites for hydroxylation is 1. The fraction of sp³-hybridized carbons (Fsp3) is 0.714. The van der Waals surface area contributed by atoms with Crippen LogP contribution in [0.4, 0.5) is 0 Å². The number of aromatic nitrogens is 2. The van der Waals surface area contributed by atoms with Gasteiger partial charge in [0.15, 0.2) is 0 Å². The van der Waals surface area contributed by atoms with Crippen LogP contribution in [0, 0.1) is 5.92 Å². The third kappa shape index (κ3) is 3.12. The molecule has 4 heteroatoms. The van der Waals surface area contributed by atoms with Crippen molar-refractivity contribution in [3.05, 3.63) is 18.0 Å². The lowest BCUT2D eigenvalue weighted by Crippen LogP contribution is -2.33. The minimum atomic E-state index is 0.247. The zero-order chi connectivity index (χ0) is 13.0. The molecular formula is C14H23N3O. The van der Waals surface area contributed by atoms with Gasteiger partial charge in [-0.2, -0.15) is 5.10 Å². The predicted molar refractivity (Wildman–Crippen MR) is 71.0 cm³/mol. The van der Waals surface area contributed by atoms with Crippen LogP contribution in [0.1, 0.15) is 44.7 Å². The zero-order valence-electron chi connectivity index (χ0n) is 11.4. The molecule has 1 aromatic heterocycles. The van der Waals surface area contributed by atoms with E-state index < -0.39 is 0 Å². The maximum Gasteiger partial charge on any atom is 0.225 e. The van der Waals surface area contributed by atoms with Crippen LogP contribution in [0.3, 0.4) is 0 Å². The number of rotatable bonds is 4. The Morgan fingerprint density at radius 2 is 2.17 bits per heavy atom. The van der Waals surface area contributed by atoms with Gasteiger partial charge in [-0.05, 0) is 25.8 Å². The Morgan fingerprint density at radius 3 is 2.78 bits per heavy atom. The van der Waals surface area contributed by atoms with E-state index in [-0.39, 0.29) is 5.92 Å². The van der Waals surface area contributed by atoms with E-state index in [2.05, 4.69) is 12.0 Å². The fourth-order valence-corrected chi connectivity index (χ4v) is 2.65. The first-order valence-electron chi connectivity index (χ1n) is 6.98. The molecule has 100 valence electrons. The lowest BCUT2D eigenvalue weighted by atomic mass is 9.88. The van der Waals surface area contributed by atoms with Gasteiger partial charge in [-0.15, -0.1) is 0 Å². The molecule has 1 heterocycles. The summed E-state index contributed by atoms with van der Waals surface area (Å²) >= 11 is 0. The van der Waals surface area contributed by atoms with Crippen molar-refractivity contribution in [2.45, 2.75) is 52.1 Å². The number of carbonyl (C=O) groups excluding carboxylic acids is 1. The molecule has 0 atom stereocenters. The van der Waals surface area contributed by atoms with Crippen molar-refractivity contribution >= 4 is 5.91 Å². The lowest BCUT2D eigenvalue weighted by molar-refractivity contribution is -0.135. The Bertz CT molecular complexity index is 393. The molecule has 0 radical (unpaired) electrons. The second-order valence-corrected chi connectivity index (χ2v) is 5.19. The van der Waals surface area contributed by atoms with E-state index >= 15 is 0 Å². The van der Waals surface area contributed by atoms with Crippen LogP contribution in [0.2, 0.25) is 0 Å². The minimum absolute atomic E-state index is 0.247. The maximum absolute atomic E-state index is 12.3.